The van der Waals surface area contributed by atoms with E-state index in [0.29, 0.717) is 31.7 Å². The first-order valence-electron chi connectivity index (χ1n) is 13.3. The van der Waals surface area contributed by atoms with Gasteiger partial charge in [-0.05, 0) is 44.9 Å². The minimum atomic E-state index is -4.62. The van der Waals surface area contributed by atoms with Crippen molar-refractivity contribution in [3.8, 4) is 5.75 Å². The van der Waals surface area contributed by atoms with Crippen LogP contribution in [0.2, 0.25) is 0 Å². The summed E-state index contributed by atoms with van der Waals surface area (Å²) in [6.45, 7) is 11.4. The van der Waals surface area contributed by atoms with Gasteiger partial charge in [0.05, 0.1) is 43.1 Å². The third-order valence-corrected chi connectivity index (χ3v) is 6.93. The fraction of sp³-hybridized carbons (Fsp3) is 0.643. The lowest BCUT2D eigenvalue weighted by Crippen LogP contribution is -2.30. The van der Waals surface area contributed by atoms with Gasteiger partial charge in [0.1, 0.15) is 5.75 Å². The first-order chi connectivity index (χ1) is 18.1. The van der Waals surface area contributed by atoms with Gasteiger partial charge in [0, 0.05) is 37.3 Å². The topological polar surface area (TPSA) is 76.2 Å². The molecule has 11 heteroatoms. The van der Waals surface area contributed by atoms with Crippen LogP contribution in [0.1, 0.15) is 75.5 Å². The molecule has 2 fully saturated rings. The van der Waals surface area contributed by atoms with Gasteiger partial charge >= 0.3 is 6.18 Å². The molecule has 4 rings (SSSR count). The van der Waals surface area contributed by atoms with Gasteiger partial charge in [0.15, 0.2) is 11.3 Å². The second-order valence-corrected chi connectivity index (χ2v) is 11.6. The average molecular weight is 554 g/mol. The monoisotopic (exact) mass is 553 g/mol. The zero-order valence-electron chi connectivity index (χ0n) is 23.4. The van der Waals surface area contributed by atoms with Crippen LogP contribution < -0.4 is 10.2 Å². The summed E-state index contributed by atoms with van der Waals surface area (Å²) in [6, 6.07) is 4.69. The smallest absolute Gasteiger partial charge is 0.416 e. The molecule has 8 nitrogen and oxygen atoms in total. The highest BCUT2D eigenvalue weighted by molar-refractivity contribution is 5.97. The Morgan fingerprint density at radius 3 is 2.51 bits per heavy atom. The molecular weight excluding hydrogens is 515 g/mol. The van der Waals surface area contributed by atoms with Gasteiger partial charge in [-0.25, -0.2) is 0 Å². The van der Waals surface area contributed by atoms with E-state index in [4.69, 9.17) is 18.9 Å². The predicted molar refractivity (Wildman–Crippen MR) is 137 cm³/mol. The molecule has 3 heterocycles. The highest BCUT2D eigenvalue weighted by Crippen LogP contribution is 2.33. The summed E-state index contributed by atoms with van der Waals surface area (Å²) in [6.07, 6.45) is -2.58. The van der Waals surface area contributed by atoms with Crippen LogP contribution in [-0.2, 0) is 39.4 Å². The maximum Gasteiger partial charge on any atom is 0.416 e. The zero-order valence-corrected chi connectivity index (χ0v) is 23.4. The van der Waals surface area contributed by atoms with E-state index in [1.165, 1.54) is 6.07 Å². The molecule has 1 aromatic carbocycles. The highest BCUT2D eigenvalue weighted by Gasteiger charge is 2.34. The Labute approximate surface area is 226 Å². The number of aromatic nitrogens is 2. The van der Waals surface area contributed by atoms with Gasteiger partial charge in [-0.3, -0.25) is 14.2 Å². The number of ether oxygens (including phenoxy) is 4. The van der Waals surface area contributed by atoms with E-state index in [-0.39, 0.29) is 35.5 Å². The quantitative estimate of drug-likeness (QED) is 0.483. The third-order valence-electron chi connectivity index (χ3n) is 6.93. The number of carbonyl (C=O) groups is 1. The Kier molecular flexibility index (Phi) is 8.35. The Morgan fingerprint density at radius 1 is 1.18 bits per heavy atom. The summed E-state index contributed by atoms with van der Waals surface area (Å²) >= 11 is 0. The molecule has 2 aliphatic rings. The van der Waals surface area contributed by atoms with E-state index in [1.807, 2.05) is 51.0 Å². The van der Waals surface area contributed by atoms with E-state index in [1.54, 1.807) is 6.07 Å². The first-order valence-corrected chi connectivity index (χ1v) is 13.3. The van der Waals surface area contributed by atoms with Crippen molar-refractivity contribution in [2.45, 2.75) is 90.0 Å². The number of hydrogen-bond acceptors (Lipinski definition) is 5. The third kappa shape index (κ3) is 7.12. The highest BCUT2D eigenvalue weighted by atomic mass is 19.4. The van der Waals surface area contributed by atoms with E-state index in [0.717, 1.165) is 30.7 Å². The Bertz CT molecular complexity index is 1250. The van der Waals surface area contributed by atoms with Crippen LogP contribution in [0.5, 0.6) is 5.75 Å². The van der Waals surface area contributed by atoms with Crippen LogP contribution >= 0.6 is 0 Å². The molecule has 0 spiro atoms. The predicted octanol–water partition coefficient (Wildman–Crippen LogP) is 4.98. The second-order valence-electron chi connectivity index (χ2n) is 11.6. The number of nitrogens with zero attached hydrogens (tertiary/aromatic N) is 3. The lowest BCUT2D eigenvalue weighted by Gasteiger charge is -2.21. The molecule has 2 atom stereocenters. The molecule has 2 saturated heterocycles. The molecule has 1 amide bonds. The molecule has 0 radical (unpaired) electrons. The van der Waals surface area contributed by atoms with E-state index < -0.39 is 23.4 Å². The molecule has 216 valence electrons. The molecule has 0 aliphatic carbocycles. The SMILES string of the molecule is Cn1c(C(C)(C)C)c/c(=N\C(=O)c2cc(C(F)(F)F)ccc2OCC[C@H]2COC(C)(C)O2)n1C[C@H]1CCCO1. The summed E-state index contributed by atoms with van der Waals surface area (Å²) in [4.78, 5) is 17.8. The summed E-state index contributed by atoms with van der Waals surface area (Å²) in [5.74, 6) is -1.48. The van der Waals surface area contributed by atoms with Crippen LogP contribution in [0.25, 0.3) is 0 Å². The lowest BCUT2D eigenvalue weighted by atomic mass is 9.92. The Balaban J connectivity index is 1.66. The summed E-state index contributed by atoms with van der Waals surface area (Å²) < 4.78 is 67.4. The fourth-order valence-corrected chi connectivity index (χ4v) is 4.93. The maximum atomic E-state index is 13.6. The summed E-state index contributed by atoms with van der Waals surface area (Å²) in [5, 5.41) is 0. The second kappa shape index (κ2) is 11.1. The van der Waals surface area contributed by atoms with Crippen molar-refractivity contribution in [3.05, 3.63) is 46.6 Å². The van der Waals surface area contributed by atoms with Crippen molar-refractivity contribution < 1.29 is 36.9 Å². The van der Waals surface area contributed by atoms with Crippen molar-refractivity contribution in [1.29, 1.82) is 0 Å². The van der Waals surface area contributed by atoms with Gasteiger partial charge in [-0.15, -0.1) is 0 Å². The van der Waals surface area contributed by atoms with Crippen LogP contribution in [0, 0.1) is 0 Å². The zero-order chi connectivity index (χ0) is 28.6. The van der Waals surface area contributed by atoms with Gasteiger partial charge in [0.25, 0.3) is 5.91 Å². The van der Waals surface area contributed by atoms with E-state index >= 15 is 0 Å². The minimum absolute atomic E-state index is 0.0281. The van der Waals surface area contributed by atoms with Crippen molar-refractivity contribution in [2.24, 2.45) is 12.0 Å². The number of amides is 1. The summed E-state index contributed by atoms with van der Waals surface area (Å²) in [7, 11) is 1.88. The number of benzene rings is 1. The van der Waals surface area contributed by atoms with Crippen LogP contribution in [0.4, 0.5) is 13.2 Å². The molecule has 0 unspecified atom stereocenters. The number of alkyl halides is 3. The Morgan fingerprint density at radius 2 is 1.92 bits per heavy atom. The number of carbonyl (C=O) groups excluding carboxylic acids is 1. The van der Waals surface area contributed by atoms with Gasteiger partial charge < -0.3 is 18.9 Å². The Hall–Kier alpha value is -2.63. The standard InChI is InChI=1S/C28H38F3N3O5/c1-26(2,3)23-15-24(34(33(23)6)16-19-8-7-12-36-19)32-25(35)21-14-18(28(29,30)31)9-10-22(21)37-13-11-20-17-38-27(4,5)39-20/h9-10,14-15,19-20H,7-8,11-13,16-17H2,1-6H3/b32-24+/t19-,20+/m1/s1. The molecule has 1 aromatic heterocycles. The lowest BCUT2D eigenvalue weighted by molar-refractivity contribution is -0.139. The van der Waals surface area contributed by atoms with Crippen LogP contribution in [-0.4, -0.2) is 53.1 Å². The van der Waals surface area contributed by atoms with Crippen molar-refractivity contribution in [3.63, 3.8) is 0 Å². The van der Waals surface area contributed by atoms with E-state index in [9.17, 15) is 18.0 Å². The molecule has 0 N–H and O–H groups in total. The van der Waals surface area contributed by atoms with Crippen LogP contribution in [0.15, 0.2) is 29.3 Å². The van der Waals surface area contributed by atoms with E-state index in [2.05, 4.69) is 4.99 Å². The summed E-state index contributed by atoms with van der Waals surface area (Å²) in [5.41, 5.74) is -0.175. The average Bonchev–Trinajstić information content (AvgIpc) is 3.54. The van der Waals surface area contributed by atoms with Gasteiger partial charge in [0.2, 0.25) is 0 Å². The van der Waals surface area contributed by atoms with Crippen molar-refractivity contribution >= 4 is 5.91 Å². The van der Waals surface area contributed by atoms with Gasteiger partial charge in [-0.2, -0.15) is 18.2 Å². The maximum absolute atomic E-state index is 13.6. The largest absolute Gasteiger partial charge is 0.493 e. The number of halogens is 3. The molecule has 0 bridgehead atoms. The van der Waals surface area contributed by atoms with Crippen molar-refractivity contribution in [2.75, 3.05) is 19.8 Å². The minimum Gasteiger partial charge on any atom is -0.493 e. The molecule has 0 saturated carbocycles. The first kappa shape index (κ1) is 29.4. The molecule has 2 aliphatic heterocycles. The molecule has 2 aromatic rings. The van der Waals surface area contributed by atoms with Crippen LogP contribution in [0.3, 0.4) is 0 Å². The molecular formula is C28H38F3N3O5. The normalized spacial score (nSPS) is 22.0. The molecule has 39 heavy (non-hydrogen) atoms. The van der Waals surface area contributed by atoms with Crippen molar-refractivity contribution in [1.82, 2.24) is 9.36 Å². The number of rotatable bonds is 7. The fourth-order valence-electron chi connectivity index (χ4n) is 4.93. The number of hydrogen-bond donors (Lipinski definition) is 0. The van der Waals surface area contributed by atoms with Gasteiger partial charge in [-0.1, -0.05) is 20.8 Å².